The third-order valence-electron chi connectivity index (χ3n) is 3.73. The minimum Gasteiger partial charge on any atom is -0.396 e. The summed E-state index contributed by atoms with van der Waals surface area (Å²) in [6.45, 7) is 1.01. The lowest BCUT2D eigenvalue weighted by Crippen LogP contribution is -2.20. The van der Waals surface area contributed by atoms with Gasteiger partial charge in [0.05, 0.1) is 11.0 Å². The van der Waals surface area contributed by atoms with Gasteiger partial charge in [-0.15, -0.1) is 0 Å². The number of aliphatic hydroxyl groups excluding tert-OH is 1. The third kappa shape index (κ3) is 2.75. The molecule has 1 aromatic carbocycles. The molecule has 1 fully saturated rings. The van der Waals surface area contributed by atoms with E-state index in [-0.39, 0.29) is 12.8 Å². The van der Waals surface area contributed by atoms with Crippen molar-refractivity contribution < 1.29 is 9.84 Å². The van der Waals surface area contributed by atoms with Crippen LogP contribution in [0.15, 0.2) is 22.7 Å². The summed E-state index contributed by atoms with van der Waals surface area (Å²) in [7, 11) is 0. The minimum atomic E-state index is 0.0803. The average molecular weight is 339 g/mol. The first kappa shape index (κ1) is 14.0. The Morgan fingerprint density at radius 2 is 2.30 bits per heavy atom. The smallest absolute Gasteiger partial charge is 0.135 e. The molecule has 1 aliphatic rings. The van der Waals surface area contributed by atoms with Crippen molar-refractivity contribution >= 4 is 27.0 Å². The fourth-order valence-electron chi connectivity index (χ4n) is 2.78. The van der Waals surface area contributed by atoms with Crippen LogP contribution in [0.4, 0.5) is 0 Å². The number of imidazole rings is 1. The Morgan fingerprint density at radius 3 is 3.05 bits per heavy atom. The number of halogens is 1. The Labute approximate surface area is 126 Å². The largest absolute Gasteiger partial charge is 0.396 e. The normalized spacial score (nSPS) is 19.6. The number of benzene rings is 1. The minimum absolute atomic E-state index is 0.0803. The van der Waals surface area contributed by atoms with Crippen LogP contribution < -0.4 is 0 Å². The summed E-state index contributed by atoms with van der Waals surface area (Å²) in [6.07, 6.45) is 4.96. The fourth-order valence-corrected chi connectivity index (χ4v) is 3.13. The summed E-state index contributed by atoms with van der Waals surface area (Å²) in [6, 6.07) is 6.14. The Hall–Kier alpha value is -0.910. The predicted octanol–water partition coefficient (Wildman–Crippen LogP) is 3.42. The number of hydrogen-bond donors (Lipinski definition) is 1. The van der Waals surface area contributed by atoms with E-state index in [0.29, 0.717) is 0 Å². The van der Waals surface area contributed by atoms with Crippen LogP contribution in [0.25, 0.3) is 11.0 Å². The topological polar surface area (TPSA) is 47.3 Å². The van der Waals surface area contributed by atoms with E-state index >= 15 is 0 Å². The van der Waals surface area contributed by atoms with Gasteiger partial charge in [-0.05, 0) is 43.9 Å². The highest BCUT2D eigenvalue weighted by Gasteiger charge is 2.21. The number of rotatable bonds is 4. The fraction of sp³-hybridized carbons (Fsp3) is 0.533. The second-order valence-electron chi connectivity index (χ2n) is 5.18. The lowest BCUT2D eigenvalue weighted by Gasteiger charge is -2.26. The summed E-state index contributed by atoms with van der Waals surface area (Å²) >= 11 is 3.53. The summed E-state index contributed by atoms with van der Waals surface area (Å²) in [5.41, 5.74) is 2.11. The van der Waals surface area contributed by atoms with Gasteiger partial charge >= 0.3 is 0 Å². The molecule has 108 valence electrons. The van der Waals surface area contributed by atoms with Crippen LogP contribution in [-0.2, 0) is 11.2 Å². The predicted molar refractivity (Wildman–Crippen MR) is 81.7 cm³/mol. The van der Waals surface area contributed by atoms with Crippen LogP contribution >= 0.6 is 15.9 Å². The molecule has 1 aromatic heterocycles. The van der Waals surface area contributed by atoms with Gasteiger partial charge in [0.25, 0.3) is 0 Å². The molecule has 0 spiro atoms. The van der Waals surface area contributed by atoms with E-state index in [0.717, 1.165) is 53.6 Å². The second kappa shape index (κ2) is 6.24. The monoisotopic (exact) mass is 338 g/mol. The van der Waals surface area contributed by atoms with Gasteiger partial charge in [0.15, 0.2) is 0 Å². The zero-order valence-corrected chi connectivity index (χ0v) is 13.0. The lowest BCUT2D eigenvalue weighted by atomic mass is 10.1. The van der Waals surface area contributed by atoms with Gasteiger partial charge in [0.1, 0.15) is 12.1 Å². The SMILES string of the molecule is OCCCc1nc2ccc(Br)cc2n1C1CCCCO1. The van der Waals surface area contributed by atoms with E-state index < -0.39 is 0 Å². The van der Waals surface area contributed by atoms with Gasteiger partial charge in [-0.1, -0.05) is 15.9 Å². The van der Waals surface area contributed by atoms with E-state index in [1.54, 1.807) is 0 Å². The van der Waals surface area contributed by atoms with E-state index in [4.69, 9.17) is 14.8 Å². The van der Waals surface area contributed by atoms with Gasteiger partial charge in [-0.25, -0.2) is 4.98 Å². The number of aliphatic hydroxyl groups is 1. The highest BCUT2D eigenvalue weighted by atomic mass is 79.9. The highest BCUT2D eigenvalue weighted by molar-refractivity contribution is 9.10. The Morgan fingerprint density at radius 1 is 1.40 bits per heavy atom. The molecule has 1 saturated heterocycles. The van der Waals surface area contributed by atoms with E-state index in [1.165, 1.54) is 6.42 Å². The Balaban J connectivity index is 2.05. The van der Waals surface area contributed by atoms with Crippen LogP contribution in [0.3, 0.4) is 0 Å². The first-order valence-corrected chi connectivity index (χ1v) is 7.98. The molecule has 3 rings (SSSR count). The van der Waals surface area contributed by atoms with E-state index in [2.05, 4.69) is 26.6 Å². The molecule has 5 heteroatoms. The Kier molecular flexibility index (Phi) is 4.38. The molecule has 2 aromatic rings. The maximum atomic E-state index is 9.07. The number of aryl methyl sites for hydroxylation is 1. The molecule has 0 saturated carbocycles. The molecule has 20 heavy (non-hydrogen) atoms. The van der Waals surface area contributed by atoms with Crippen molar-refractivity contribution in [2.75, 3.05) is 13.2 Å². The molecule has 0 bridgehead atoms. The van der Waals surface area contributed by atoms with Crippen molar-refractivity contribution in [2.24, 2.45) is 0 Å². The average Bonchev–Trinajstić information content (AvgIpc) is 2.83. The third-order valence-corrected chi connectivity index (χ3v) is 4.22. The second-order valence-corrected chi connectivity index (χ2v) is 6.10. The number of ether oxygens (including phenoxy) is 1. The lowest BCUT2D eigenvalue weighted by molar-refractivity contribution is -0.0311. The molecular weight excluding hydrogens is 320 g/mol. The molecule has 4 nitrogen and oxygen atoms in total. The summed E-state index contributed by atoms with van der Waals surface area (Å²) in [5.74, 6) is 1.01. The van der Waals surface area contributed by atoms with E-state index in [1.807, 2.05) is 12.1 Å². The van der Waals surface area contributed by atoms with Crippen LogP contribution in [-0.4, -0.2) is 27.9 Å². The molecular formula is C15H19BrN2O2. The quantitative estimate of drug-likeness (QED) is 0.928. The molecule has 1 aliphatic heterocycles. The number of hydrogen-bond acceptors (Lipinski definition) is 3. The molecule has 0 amide bonds. The first-order chi connectivity index (χ1) is 9.79. The first-order valence-electron chi connectivity index (χ1n) is 7.18. The van der Waals surface area contributed by atoms with Crippen LogP contribution in [0.1, 0.15) is 37.7 Å². The van der Waals surface area contributed by atoms with Crippen molar-refractivity contribution in [2.45, 2.75) is 38.3 Å². The number of nitrogens with zero attached hydrogens (tertiary/aromatic N) is 2. The van der Waals surface area contributed by atoms with Gasteiger partial charge in [-0.3, -0.25) is 0 Å². The van der Waals surface area contributed by atoms with Crippen molar-refractivity contribution in [3.63, 3.8) is 0 Å². The number of fused-ring (bicyclic) bond motifs is 1. The molecule has 0 aliphatic carbocycles. The Bertz CT molecular complexity index is 591. The zero-order chi connectivity index (χ0) is 13.9. The highest BCUT2D eigenvalue weighted by Crippen LogP contribution is 2.30. The summed E-state index contributed by atoms with van der Waals surface area (Å²) in [4.78, 5) is 4.72. The van der Waals surface area contributed by atoms with Crippen molar-refractivity contribution in [1.82, 2.24) is 9.55 Å². The molecule has 1 atom stereocenters. The summed E-state index contributed by atoms with van der Waals surface area (Å²) in [5, 5.41) is 9.07. The maximum Gasteiger partial charge on any atom is 0.135 e. The van der Waals surface area contributed by atoms with Gasteiger partial charge in [0.2, 0.25) is 0 Å². The standard InChI is InChI=1S/C15H19BrN2O2/c16-11-6-7-12-13(10-11)18(14(17-12)4-3-8-19)15-5-1-2-9-20-15/h6-7,10,15,19H,1-5,8-9H2. The van der Waals surface area contributed by atoms with Gasteiger partial charge in [-0.2, -0.15) is 0 Å². The molecule has 1 unspecified atom stereocenters. The van der Waals surface area contributed by atoms with Crippen LogP contribution in [0.5, 0.6) is 0 Å². The summed E-state index contributed by atoms with van der Waals surface area (Å²) < 4.78 is 9.20. The molecule has 2 heterocycles. The van der Waals surface area contributed by atoms with E-state index in [9.17, 15) is 0 Å². The van der Waals surface area contributed by atoms with Crippen LogP contribution in [0, 0.1) is 0 Å². The van der Waals surface area contributed by atoms with Crippen molar-refractivity contribution in [1.29, 1.82) is 0 Å². The molecule has 0 radical (unpaired) electrons. The molecule has 1 N–H and O–H groups in total. The van der Waals surface area contributed by atoms with Gasteiger partial charge < -0.3 is 14.4 Å². The van der Waals surface area contributed by atoms with Crippen molar-refractivity contribution in [3.05, 3.63) is 28.5 Å². The van der Waals surface area contributed by atoms with Crippen molar-refractivity contribution in [3.8, 4) is 0 Å². The number of aromatic nitrogens is 2. The van der Waals surface area contributed by atoms with Crippen LogP contribution in [0.2, 0.25) is 0 Å². The van der Waals surface area contributed by atoms with Gasteiger partial charge in [0, 0.05) is 24.1 Å². The maximum absolute atomic E-state index is 9.07. The zero-order valence-electron chi connectivity index (χ0n) is 11.4.